The normalized spacial score (nSPS) is 32.8. The van der Waals surface area contributed by atoms with Gasteiger partial charge in [-0.3, -0.25) is 56.9 Å². The van der Waals surface area contributed by atoms with Gasteiger partial charge in [0.1, 0.15) is 29.8 Å². The Hall–Kier alpha value is -5.55. The van der Waals surface area contributed by atoms with Crippen LogP contribution >= 0.6 is 7.75 Å². The second-order valence-corrected chi connectivity index (χ2v) is 24.3. The molecule has 2 aromatic heterocycles. The van der Waals surface area contributed by atoms with Crippen molar-refractivity contribution in [2.45, 2.75) is 155 Å². The maximum atomic E-state index is 14.5. The average molecular weight is 1090 g/mol. The standard InChI is InChI=1S/C50H72N13O13P/c1-27(32-9-10-33-44-34(20-40(66)50(32,33)5)49(4)13-12-31(64)18-30(49)19-37(44)65)8-11-41(67)54-16-6-14-53-15-7-17-55-77(72,73-25-38-35(58-60-51)21-42(75-38)62-23-28(2)45(68)56-47(62)70)74-26-39-36(59-61-52)22-43(76-39)63-24-29(3)46(69)57-48(63)71/h23-24,27,30,32-36,38-39,42-44,53H,6-22,25-26H2,1-5H3,(H,54,67)(H,55,72)(H,56,68,70)(H,57,69,71)/t27?,30-,32+,33-,34-,35-,36-,38+,39+,42+,43+,44-,49-,50+/m0/s1. The third kappa shape index (κ3) is 12.4. The Kier molecular flexibility index (Phi) is 18.1. The van der Waals surface area contributed by atoms with Crippen molar-refractivity contribution in [1.29, 1.82) is 0 Å². The molecular weight excluding hydrogens is 1020 g/mol. The minimum atomic E-state index is -4.30. The number of carbonyl (C=O) groups is 4. The lowest BCUT2D eigenvalue weighted by Gasteiger charge is -2.58. The monoisotopic (exact) mass is 1090 g/mol. The third-order valence-electron chi connectivity index (χ3n) is 18.0. The summed E-state index contributed by atoms with van der Waals surface area (Å²) >= 11 is 0. The van der Waals surface area contributed by atoms with Crippen molar-refractivity contribution >= 4 is 31.0 Å². The van der Waals surface area contributed by atoms with Crippen LogP contribution in [0.2, 0.25) is 0 Å². The van der Waals surface area contributed by atoms with Crippen LogP contribution in [0.3, 0.4) is 0 Å². The molecule has 2 aliphatic heterocycles. The number of fused-ring (bicyclic) bond motifs is 5. The number of azide groups is 2. The van der Waals surface area contributed by atoms with Crippen LogP contribution in [0.5, 0.6) is 0 Å². The van der Waals surface area contributed by atoms with E-state index in [1.54, 1.807) is 0 Å². The molecule has 26 nitrogen and oxygen atoms in total. The molecule has 27 heteroatoms. The first-order chi connectivity index (χ1) is 36.7. The van der Waals surface area contributed by atoms with Crippen molar-refractivity contribution in [2.75, 3.05) is 39.4 Å². The Morgan fingerprint density at radius 2 is 1.40 bits per heavy atom. The minimum Gasteiger partial charge on any atom is -0.356 e. The number of hydrogen-bond donors (Lipinski definition) is 5. The maximum Gasteiger partial charge on any atom is 0.405 e. The predicted molar refractivity (Wildman–Crippen MR) is 277 cm³/mol. The summed E-state index contributed by atoms with van der Waals surface area (Å²) in [5.74, 6) is 0.680. The molecule has 4 aliphatic carbocycles. The highest BCUT2D eigenvalue weighted by Crippen LogP contribution is 2.66. The van der Waals surface area contributed by atoms with Gasteiger partial charge in [0.15, 0.2) is 0 Å². The number of carbonyl (C=O) groups excluding carboxylic acids is 4. The molecule has 420 valence electrons. The number of ether oxygens (including phenoxy) is 2. The first-order valence-electron chi connectivity index (χ1n) is 26.9. The Balaban J connectivity index is 0.802. The molecule has 0 radical (unpaired) electrons. The lowest BCUT2D eigenvalue weighted by atomic mass is 9.44. The topological polar surface area (TPSA) is 366 Å². The number of aromatic amines is 2. The van der Waals surface area contributed by atoms with E-state index in [2.05, 4.69) is 66.5 Å². The molecule has 6 fully saturated rings. The second kappa shape index (κ2) is 24.2. The van der Waals surface area contributed by atoms with E-state index in [-0.39, 0.29) is 94.7 Å². The largest absolute Gasteiger partial charge is 0.405 e. The van der Waals surface area contributed by atoms with Crippen molar-refractivity contribution in [1.82, 2.24) is 34.8 Å². The van der Waals surface area contributed by atoms with Crippen molar-refractivity contribution in [2.24, 2.45) is 56.6 Å². The Labute approximate surface area is 443 Å². The van der Waals surface area contributed by atoms with Crippen molar-refractivity contribution in [3.05, 3.63) is 86.1 Å². The number of aryl methyl sites for hydroxylation is 2. The maximum absolute atomic E-state index is 14.5. The van der Waals surface area contributed by atoms with Crippen molar-refractivity contribution in [3.63, 3.8) is 0 Å². The Bertz CT molecular complexity index is 2850. The number of hydrogen-bond acceptors (Lipinski definition) is 16. The summed E-state index contributed by atoms with van der Waals surface area (Å²) in [6.45, 7) is 10.1. The molecule has 6 aliphatic rings. The molecule has 8 rings (SSSR count). The van der Waals surface area contributed by atoms with Crippen LogP contribution in [-0.2, 0) is 42.3 Å². The SMILES string of the molecule is Cc1cn([C@H]2C[C@H](N=[N+]=[N-])[C@@H](COP(=O)(NCCCNCCCNC(=O)CCC(C)[C@H]3CC[C@H]4[C@@H]5C(=O)C[C@@H]6CC(=O)CC[C@]6(C)[C@H]5CC(=O)[C@]34C)OC[C@H]3O[C@@H](n4cc(C)c(=O)[nH]c4=O)C[C@@H]3N=[N+]=[N-])O2)c(=O)[nH]c1=O. The molecule has 5 N–H and O–H groups in total. The quantitative estimate of drug-likeness (QED) is 0.0326. The number of ketones is 3. The molecule has 0 aromatic carbocycles. The molecule has 14 atom stereocenters. The van der Waals surface area contributed by atoms with Crippen LogP contribution in [0, 0.1) is 60.2 Å². The van der Waals surface area contributed by atoms with Gasteiger partial charge in [0, 0.05) is 103 Å². The van der Waals surface area contributed by atoms with E-state index < -0.39 is 85.6 Å². The Morgan fingerprint density at radius 3 is 1.97 bits per heavy atom. The van der Waals surface area contributed by atoms with E-state index in [0.29, 0.717) is 71.0 Å². The van der Waals surface area contributed by atoms with Gasteiger partial charge >= 0.3 is 19.1 Å². The summed E-state index contributed by atoms with van der Waals surface area (Å²) in [4.78, 5) is 113. The van der Waals surface area contributed by atoms with E-state index in [1.807, 2.05) is 0 Å². The van der Waals surface area contributed by atoms with Crippen LogP contribution in [0.1, 0.15) is 128 Å². The summed E-state index contributed by atoms with van der Waals surface area (Å²) in [7, 11) is -4.30. The highest BCUT2D eigenvalue weighted by Gasteiger charge is 2.66. The van der Waals surface area contributed by atoms with Crippen LogP contribution in [0.25, 0.3) is 20.9 Å². The van der Waals surface area contributed by atoms with Gasteiger partial charge in [-0.1, -0.05) is 31.0 Å². The summed E-state index contributed by atoms with van der Waals surface area (Å²) in [5, 5.41) is 16.8. The zero-order valence-corrected chi connectivity index (χ0v) is 45.2. The first kappa shape index (κ1) is 57.6. The summed E-state index contributed by atoms with van der Waals surface area (Å²) in [6, 6.07) is -1.77. The molecule has 2 aromatic rings. The first-order valence-corrected chi connectivity index (χ1v) is 28.5. The van der Waals surface area contributed by atoms with Gasteiger partial charge in [-0.2, -0.15) is 0 Å². The summed E-state index contributed by atoms with van der Waals surface area (Å²) in [6.07, 6.45) is 4.90. The van der Waals surface area contributed by atoms with E-state index in [1.165, 1.54) is 26.2 Å². The number of aromatic nitrogens is 4. The molecule has 0 bridgehead atoms. The number of amides is 1. The van der Waals surface area contributed by atoms with Crippen LogP contribution in [0.15, 0.2) is 41.8 Å². The molecule has 1 amide bonds. The minimum absolute atomic E-state index is 0.00524. The predicted octanol–water partition coefficient (Wildman–Crippen LogP) is 4.86. The molecule has 0 spiro atoms. The highest BCUT2D eigenvalue weighted by molar-refractivity contribution is 7.51. The highest BCUT2D eigenvalue weighted by atomic mass is 31.2. The number of Topliss-reactive ketones (excluding diaryl/α,β-unsaturated/α-hetero) is 3. The molecule has 4 heterocycles. The number of rotatable bonds is 23. The van der Waals surface area contributed by atoms with Gasteiger partial charge in [-0.05, 0) is 112 Å². The fourth-order valence-electron chi connectivity index (χ4n) is 13.6. The van der Waals surface area contributed by atoms with Gasteiger partial charge in [0.2, 0.25) is 5.91 Å². The summed E-state index contributed by atoms with van der Waals surface area (Å²) in [5.41, 5.74) is 15.8. The molecular formula is C50H72N13O13P. The smallest absolute Gasteiger partial charge is 0.356 e. The molecule has 77 heavy (non-hydrogen) atoms. The van der Waals surface area contributed by atoms with Crippen LogP contribution in [-0.4, -0.2) is 106 Å². The van der Waals surface area contributed by atoms with Crippen molar-refractivity contribution < 1.29 is 42.3 Å². The van der Waals surface area contributed by atoms with Gasteiger partial charge < -0.3 is 20.1 Å². The van der Waals surface area contributed by atoms with E-state index in [4.69, 9.17) is 18.5 Å². The average Bonchev–Trinajstić information content (AvgIpc) is 4.10. The van der Waals surface area contributed by atoms with Gasteiger partial charge in [-0.15, -0.1) is 0 Å². The van der Waals surface area contributed by atoms with Gasteiger partial charge in [-0.25, -0.2) is 19.2 Å². The zero-order valence-electron chi connectivity index (χ0n) is 44.4. The van der Waals surface area contributed by atoms with E-state index >= 15 is 0 Å². The zero-order chi connectivity index (χ0) is 55.4. The molecule has 4 saturated carbocycles. The third-order valence-corrected chi connectivity index (χ3v) is 19.5. The molecule has 2 saturated heterocycles. The fourth-order valence-corrected chi connectivity index (χ4v) is 14.9. The van der Waals surface area contributed by atoms with Crippen LogP contribution in [0.4, 0.5) is 0 Å². The second-order valence-electron chi connectivity index (χ2n) is 22.5. The molecule has 1 unspecified atom stereocenters. The van der Waals surface area contributed by atoms with Gasteiger partial charge in [0.25, 0.3) is 11.1 Å². The summed E-state index contributed by atoms with van der Waals surface area (Å²) < 4.78 is 40.7. The van der Waals surface area contributed by atoms with E-state index in [0.717, 1.165) is 28.4 Å². The number of nitrogens with one attached hydrogen (secondary N) is 5. The lowest BCUT2D eigenvalue weighted by molar-refractivity contribution is -0.166. The number of nitrogens with zero attached hydrogens (tertiary/aromatic N) is 8. The van der Waals surface area contributed by atoms with Crippen molar-refractivity contribution in [3.8, 4) is 0 Å². The van der Waals surface area contributed by atoms with Crippen LogP contribution < -0.4 is 38.2 Å². The number of H-pyrrole nitrogens is 2. The van der Waals surface area contributed by atoms with Gasteiger partial charge in [0.05, 0.1) is 37.5 Å². The Morgan fingerprint density at radius 1 is 0.831 bits per heavy atom. The fraction of sp³-hybridized carbons (Fsp3) is 0.760. The lowest BCUT2D eigenvalue weighted by Crippen LogP contribution is -2.60. The van der Waals surface area contributed by atoms with E-state index in [9.17, 15) is 54.0 Å².